The molecule has 128 valence electrons. The molecule has 1 aromatic heterocycles. The van der Waals surface area contributed by atoms with Gasteiger partial charge in [0.25, 0.3) is 0 Å². The first-order valence-corrected chi connectivity index (χ1v) is 8.85. The zero-order valence-electron chi connectivity index (χ0n) is 14.4. The minimum Gasteiger partial charge on any atom is -0.339 e. The second-order valence-electron chi connectivity index (χ2n) is 6.22. The second kappa shape index (κ2) is 7.99. The Kier molecular flexibility index (Phi) is 5.51. The van der Waals surface area contributed by atoms with Gasteiger partial charge in [-0.25, -0.2) is 4.98 Å². The SMILES string of the molecule is CCn1ccnc1N1CCN(C(=O)CCCc2ccccc2)CC1. The Bertz CT molecular complexity index is 644. The molecule has 0 N–H and O–H groups in total. The van der Waals surface area contributed by atoms with Crippen LogP contribution in [0.3, 0.4) is 0 Å². The third kappa shape index (κ3) is 3.96. The van der Waals surface area contributed by atoms with Gasteiger partial charge in [-0.1, -0.05) is 30.3 Å². The molecule has 0 bridgehead atoms. The van der Waals surface area contributed by atoms with Gasteiger partial charge in [-0.05, 0) is 25.3 Å². The number of anilines is 1. The van der Waals surface area contributed by atoms with Gasteiger partial charge < -0.3 is 14.4 Å². The normalized spacial score (nSPS) is 14.9. The summed E-state index contributed by atoms with van der Waals surface area (Å²) >= 11 is 0. The number of aromatic nitrogens is 2. The summed E-state index contributed by atoms with van der Waals surface area (Å²) in [5.74, 6) is 1.30. The minimum atomic E-state index is 0.282. The fraction of sp³-hybridized carbons (Fsp3) is 0.474. The summed E-state index contributed by atoms with van der Waals surface area (Å²) in [5.41, 5.74) is 1.31. The first-order valence-electron chi connectivity index (χ1n) is 8.85. The van der Waals surface area contributed by atoms with Crippen LogP contribution < -0.4 is 4.90 Å². The molecule has 5 nitrogen and oxygen atoms in total. The van der Waals surface area contributed by atoms with Gasteiger partial charge in [-0.2, -0.15) is 0 Å². The zero-order valence-corrected chi connectivity index (χ0v) is 14.4. The quantitative estimate of drug-likeness (QED) is 0.819. The van der Waals surface area contributed by atoms with E-state index in [1.54, 1.807) is 0 Å². The summed E-state index contributed by atoms with van der Waals surface area (Å²) in [4.78, 5) is 21.1. The Morgan fingerprint density at radius 3 is 2.58 bits per heavy atom. The standard InChI is InChI=1S/C19H26N4O/c1-2-21-12-11-20-19(21)23-15-13-22(14-16-23)18(24)10-6-9-17-7-4-3-5-8-17/h3-5,7-8,11-12H,2,6,9-10,13-16H2,1H3. The van der Waals surface area contributed by atoms with Crippen LogP contribution in [0, 0.1) is 0 Å². The van der Waals surface area contributed by atoms with E-state index in [2.05, 4.69) is 45.6 Å². The largest absolute Gasteiger partial charge is 0.339 e. The lowest BCUT2D eigenvalue weighted by Crippen LogP contribution is -2.49. The third-order valence-corrected chi connectivity index (χ3v) is 4.65. The van der Waals surface area contributed by atoms with E-state index in [1.807, 2.05) is 23.4 Å². The van der Waals surface area contributed by atoms with Crippen LogP contribution in [0.2, 0.25) is 0 Å². The van der Waals surface area contributed by atoms with Crippen molar-refractivity contribution in [3.63, 3.8) is 0 Å². The Morgan fingerprint density at radius 1 is 1.12 bits per heavy atom. The number of benzene rings is 1. The second-order valence-corrected chi connectivity index (χ2v) is 6.22. The van der Waals surface area contributed by atoms with Crippen LogP contribution in [0.25, 0.3) is 0 Å². The summed E-state index contributed by atoms with van der Waals surface area (Å²) in [5, 5.41) is 0. The molecule has 0 aliphatic carbocycles. The maximum atomic E-state index is 12.4. The molecular formula is C19H26N4O. The average molecular weight is 326 g/mol. The number of aryl methyl sites for hydroxylation is 2. The molecule has 1 aliphatic rings. The van der Waals surface area contributed by atoms with Gasteiger partial charge in [0.05, 0.1) is 0 Å². The zero-order chi connectivity index (χ0) is 16.8. The van der Waals surface area contributed by atoms with E-state index < -0.39 is 0 Å². The maximum Gasteiger partial charge on any atom is 0.222 e. The summed E-state index contributed by atoms with van der Waals surface area (Å²) in [6.07, 6.45) is 6.39. The van der Waals surface area contributed by atoms with E-state index in [0.29, 0.717) is 6.42 Å². The number of amides is 1. The fourth-order valence-electron chi connectivity index (χ4n) is 3.23. The van der Waals surface area contributed by atoms with Crippen molar-refractivity contribution in [2.75, 3.05) is 31.1 Å². The number of hydrogen-bond acceptors (Lipinski definition) is 3. The highest BCUT2D eigenvalue weighted by molar-refractivity contribution is 5.76. The van der Waals surface area contributed by atoms with Crippen molar-refractivity contribution in [3.8, 4) is 0 Å². The number of nitrogens with zero attached hydrogens (tertiary/aromatic N) is 4. The molecule has 5 heteroatoms. The number of carbonyl (C=O) groups excluding carboxylic acids is 1. The summed E-state index contributed by atoms with van der Waals surface area (Å²) in [6.45, 7) is 6.36. The van der Waals surface area contributed by atoms with Gasteiger partial charge in [-0.3, -0.25) is 4.79 Å². The lowest BCUT2D eigenvalue weighted by atomic mass is 10.1. The van der Waals surface area contributed by atoms with Gasteiger partial charge in [0, 0.05) is 51.5 Å². The highest BCUT2D eigenvalue weighted by Gasteiger charge is 2.22. The highest BCUT2D eigenvalue weighted by atomic mass is 16.2. The number of imidazole rings is 1. The smallest absolute Gasteiger partial charge is 0.222 e. The molecule has 0 atom stereocenters. The van der Waals surface area contributed by atoms with Crippen LogP contribution in [0.15, 0.2) is 42.7 Å². The molecule has 1 saturated heterocycles. The van der Waals surface area contributed by atoms with E-state index >= 15 is 0 Å². The fourth-order valence-corrected chi connectivity index (χ4v) is 3.23. The molecule has 1 aromatic carbocycles. The number of carbonyl (C=O) groups is 1. The Hall–Kier alpha value is -2.30. The maximum absolute atomic E-state index is 12.4. The van der Waals surface area contributed by atoms with Crippen molar-refractivity contribution in [2.24, 2.45) is 0 Å². The monoisotopic (exact) mass is 326 g/mol. The van der Waals surface area contributed by atoms with Crippen LogP contribution in [-0.2, 0) is 17.8 Å². The van der Waals surface area contributed by atoms with Crippen molar-refractivity contribution in [1.29, 1.82) is 0 Å². The van der Waals surface area contributed by atoms with Gasteiger partial charge in [-0.15, -0.1) is 0 Å². The molecule has 0 unspecified atom stereocenters. The topological polar surface area (TPSA) is 41.4 Å². The lowest BCUT2D eigenvalue weighted by Gasteiger charge is -2.35. The molecule has 1 aliphatic heterocycles. The van der Waals surface area contributed by atoms with E-state index in [4.69, 9.17) is 0 Å². The number of hydrogen-bond donors (Lipinski definition) is 0. The molecule has 0 spiro atoms. The van der Waals surface area contributed by atoms with Crippen molar-refractivity contribution < 1.29 is 4.79 Å². The Balaban J connectivity index is 1.43. The van der Waals surface area contributed by atoms with E-state index in [1.165, 1.54) is 5.56 Å². The predicted molar refractivity (Wildman–Crippen MR) is 96.1 cm³/mol. The van der Waals surface area contributed by atoms with Crippen LogP contribution in [0.5, 0.6) is 0 Å². The van der Waals surface area contributed by atoms with Crippen molar-refractivity contribution in [1.82, 2.24) is 14.5 Å². The third-order valence-electron chi connectivity index (χ3n) is 4.65. The highest BCUT2D eigenvalue weighted by Crippen LogP contribution is 2.15. The van der Waals surface area contributed by atoms with E-state index in [9.17, 15) is 4.79 Å². The average Bonchev–Trinajstić information content (AvgIpc) is 3.11. The summed E-state index contributed by atoms with van der Waals surface area (Å²) in [6, 6.07) is 10.4. The molecule has 2 aromatic rings. The van der Waals surface area contributed by atoms with Gasteiger partial charge >= 0.3 is 0 Å². The van der Waals surface area contributed by atoms with Crippen molar-refractivity contribution >= 4 is 11.9 Å². The molecule has 1 fully saturated rings. The molecule has 2 heterocycles. The van der Waals surface area contributed by atoms with Crippen molar-refractivity contribution in [2.45, 2.75) is 32.7 Å². The molecule has 1 amide bonds. The van der Waals surface area contributed by atoms with E-state index in [-0.39, 0.29) is 5.91 Å². The molecule has 0 saturated carbocycles. The lowest BCUT2D eigenvalue weighted by molar-refractivity contribution is -0.131. The van der Waals surface area contributed by atoms with Gasteiger partial charge in [0.1, 0.15) is 0 Å². The Labute approximate surface area is 143 Å². The minimum absolute atomic E-state index is 0.282. The number of piperazine rings is 1. The predicted octanol–water partition coefficient (Wildman–Crippen LogP) is 2.57. The van der Waals surface area contributed by atoms with Crippen molar-refractivity contribution in [3.05, 3.63) is 48.3 Å². The number of rotatable bonds is 6. The molecular weight excluding hydrogens is 300 g/mol. The Morgan fingerprint density at radius 2 is 1.88 bits per heavy atom. The van der Waals surface area contributed by atoms with Crippen LogP contribution in [0.1, 0.15) is 25.3 Å². The molecule has 24 heavy (non-hydrogen) atoms. The summed E-state index contributed by atoms with van der Waals surface area (Å²) < 4.78 is 2.15. The molecule has 0 radical (unpaired) electrons. The van der Waals surface area contributed by atoms with Crippen LogP contribution >= 0.6 is 0 Å². The van der Waals surface area contributed by atoms with Crippen LogP contribution in [-0.4, -0.2) is 46.5 Å². The van der Waals surface area contributed by atoms with Gasteiger partial charge in [0.2, 0.25) is 11.9 Å². The molecule has 3 rings (SSSR count). The van der Waals surface area contributed by atoms with E-state index in [0.717, 1.165) is 51.5 Å². The van der Waals surface area contributed by atoms with Gasteiger partial charge in [0.15, 0.2) is 0 Å². The summed E-state index contributed by atoms with van der Waals surface area (Å²) in [7, 11) is 0. The first-order chi connectivity index (χ1) is 11.8. The van der Waals surface area contributed by atoms with Crippen LogP contribution in [0.4, 0.5) is 5.95 Å². The first kappa shape index (κ1) is 16.6.